The van der Waals surface area contributed by atoms with Crippen LogP contribution >= 0.6 is 0 Å². The van der Waals surface area contributed by atoms with Gasteiger partial charge in [-0.2, -0.15) is 0 Å². The van der Waals surface area contributed by atoms with Crippen LogP contribution < -0.4 is 14.2 Å². The average Bonchev–Trinajstić information content (AvgIpc) is 3.52. The third kappa shape index (κ3) is 3.93. The van der Waals surface area contributed by atoms with Crippen molar-refractivity contribution in [2.75, 3.05) is 27.9 Å². The van der Waals surface area contributed by atoms with E-state index in [-0.39, 0.29) is 5.91 Å². The maximum atomic E-state index is 12.9. The first-order valence-corrected chi connectivity index (χ1v) is 8.82. The molecule has 0 radical (unpaired) electrons. The zero-order chi connectivity index (χ0) is 18.5. The van der Waals surface area contributed by atoms with Crippen LogP contribution in [-0.2, 0) is 6.42 Å². The van der Waals surface area contributed by atoms with Gasteiger partial charge in [-0.1, -0.05) is 18.2 Å². The standard InChI is InChI=1S/C21H25NO4/c1-24-18-13-15(14-19(25-2)20(18)26-3)11-12-22(17-9-10-17)21(23)16-7-5-4-6-8-16/h4-8,13-14,17H,9-12H2,1-3H3. The lowest BCUT2D eigenvalue weighted by atomic mass is 10.1. The van der Waals surface area contributed by atoms with Gasteiger partial charge in [0.15, 0.2) is 11.5 Å². The van der Waals surface area contributed by atoms with Gasteiger partial charge in [0.05, 0.1) is 21.3 Å². The molecule has 1 aliphatic carbocycles. The monoisotopic (exact) mass is 355 g/mol. The maximum absolute atomic E-state index is 12.9. The molecule has 0 N–H and O–H groups in total. The molecule has 138 valence electrons. The highest BCUT2D eigenvalue weighted by Gasteiger charge is 2.32. The molecule has 1 amide bonds. The van der Waals surface area contributed by atoms with Crippen molar-refractivity contribution >= 4 is 5.91 Å². The lowest BCUT2D eigenvalue weighted by Crippen LogP contribution is -2.34. The Hall–Kier alpha value is -2.69. The first-order chi connectivity index (χ1) is 12.7. The van der Waals surface area contributed by atoms with Gasteiger partial charge in [-0.15, -0.1) is 0 Å². The first-order valence-electron chi connectivity index (χ1n) is 8.82. The molecule has 0 aliphatic heterocycles. The molecule has 5 heteroatoms. The molecule has 1 aliphatic rings. The number of methoxy groups -OCH3 is 3. The minimum absolute atomic E-state index is 0.0977. The number of amides is 1. The highest BCUT2D eigenvalue weighted by atomic mass is 16.5. The first kappa shape index (κ1) is 18.1. The van der Waals surface area contributed by atoms with Crippen molar-refractivity contribution in [1.29, 1.82) is 0 Å². The molecule has 0 unspecified atom stereocenters. The van der Waals surface area contributed by atoms with E-state index < -0.39 is 0 Å². The zero-order valence-corrected chi connectivity index (χ0v) is 15.5. The van der Waals surface area contributed by atoms with Crippen LogP contribution in [0.15, 0.2) is 42.5 Å². The van der Waals surface area contributed by atoms with Crippen LogP contribution in [0.2, 0.25) is 0 Å². The average molecular weight is 355 g/mol. The van der Waals surface area contributed by atoms with E-state index in [2.05, 4.69) is 0 Å². The van der Waals surface area contributed by atoms with Gasteiger partial charge in [-0.3, -0.25) is 4.79 Å². The normalized spacial score (nSPS) is 13.2. The van der Waals surface area contributed by atoms with E-state index in [0.29, 0.717) is 29.8 Å². The lowest BCUT2D eigenvalue weighted by Gasteiger charge is -2.23. The fraction of sp³-hybridized carbons (Fsp3) is 0.381. The van der Waals surface area contributed by atoms with Crippen LogP contribution in [0.4, 0.5) is 0 Å². The number of carbonyl (C=O) groups excluding carboxylic acids is 1. The Morgan fingerprint density at radius 2 is 1.62 bits per heavy atom. The smallest absolute Gasteiger partial charge is 0.254 e. The molecule has 2 aromatic carbocycles. The van der Waals surface area contributed by atoms with Crippen LogP contribution in [0, 0.1) is 0 Å². The Morgan fingerprint density at radius 1 is 1.00 bits per heavy atom. The minimum Gasteiger partial charge on any atom is -0.493 e. The van der Waals surface area contributed by atoms with Gasteiger partial charge in [0.1, 0.15) is 0 Å². The summed E-state index contributed by atoms with van der Waals surface area (Å²) in [5.74, 6) is 1.95. The van der Waals surface area contributed by atoms with Crippen LogP contribution in [0.3, 0.4) is 0 Å². The van der Waals surface area contributed by atoms with Gasteiger partial charge in [0.2, 0.25) is 5.75 Å². The van der Waals surface area contributed by atoms with Gasteiger partial charge in [-0.25, -0.2) is 0 Å². The summed E-state index contributed by atoms with van der Waals surface area (Å²) < 4.78 is 16.2. The highest BCUT2D eigenvalue weighted by Crippen LogP contribution is 2.38. The van der Waals surface area contributed by atoms with E-state index in [4.69, 9.17) is 14.2 Å². The van der Waals surface area contributed by atoms with Gasteiger partial charge in [0.25, 0.3) is 5.91 Å². The van der Waals surface area contributed by atoms with Crippen molar-refractivity contribution in [2.24, 2.45) is 0 Å². The van der Waals surface area contributed by atoms with Crippen LogP contribution in [0.1, 0.15) is 28.8 Å². The van der Waals surface area contributed by atoms with Gasteiger partial charge in [-0.05, 0) is 49.1 Å². The zero-order valence-electron chi connectivity index (χ0n) is 15.5. The number of hydrogen-bond acceptors (Lipinski definition) is 4. The number of hydrogen-bond donors (Lipinski definition) is 0. The summed E-state index contributed by atoms with van der Waals surface area (Å²) >= 11 is 0. The second kappa shape index (κ2) is 8.13. The van der Waals surface area contributed by atoms with Crippen molar-refractivity contribution in [2.45, 2.75) is 25.3 Å². The molecule has 0 heterocycles. The Balaban J connectivity index is 1.77. The van der Waals surface area contributed by atoms with Crippen molar-refractivity contribution < 1.29 is 19.0 Å². The number of ether oxygens (including phenoxy) is 3. The van der Waals surface area contributed by atoms with Crippen LogP contribution in [-0.4, -0.2) is 44.7 Å². The molecule has 0 saturated heterocycles. The van der Waals surface area contributed by atoms with Gasteiger partial charge in [0, 0.05) is 18.2 Å². The second-order valence-electron chi connectivity index (χ2n) is 6.38. The molecule has 26 heavy (non-hydrogen) atoms. The topological polar surface area (TPSA) is 48.0 Å². The Kier molecular flexibility index (Phi) is 5.66. The SMILES string of the molecule is COc1cc(CCN(C(=O)c2ccccc2)C2CC2)cc(OC)c1OC. The summed E-state index contributed by atoms with van der Waals surface area (Å²) in [5.41, 5.74) is 1.79. The molecule has 5 nitrogen and oxygen atoms in total. The van der Waals surface area contributed by atoms with Crippen LogP contribution in [0.25, 0.3) is 0 Å². The summed E-state index contributed by atoms with van der Waals surface area (Å²) in [6.07, 6.45) is 2.88. The number of rotatable bonds is 8. The molecular formula is C21H25NO4. The van der Waals surface area contributed by atoms with E-state index in [1.54, 1.807) is 21.3 Å². The second-order valence-corrected chi connectivity index (χ2v) is 6.38. The molecular weight excluding hydrogens is 330 g/mol. The van der Waals surface area contributed by atoms with Crippen molar-refractivity contribution in [1.82, 2.24) is 4.90 Å². The summed E-state index contributed by atoms with van der Waals surface area (Å²) in [5, 5.41) is 0. The fourth-order valence-corrected chi connectivity index (χ4v) is 3.11. The summed E-state index contributed by atoms with van der Waals surface area (Å²) in [4.78, 5) is 14.8. The maximum Gasteiger partial charge on any atom is 0.254 e. The summed E-state index contributed by atoms with van der Waals surface area (Å²) in [6, 6.07) is 13.7. The molecule has 0 aromatic heterocycles. The minimum atomic E-state index is 0.0977. The van der Waals surface area contributed by atoms with Crippen molar-refractivity contribution in [3.05, 3.63) is 53.6 Å². The Labute approximate surface area is 154 Å². The largest absolute Gasteiger partial charge is 0.493 e. The predicted octanol–water partition coefficient (Wildman–Crippen LogP) is 3.56. The molecule has 3 rings (SSSR count). The van der Waals surface area contributed by atoms with E-state index in [0.717, 1.165) is 30.4 Å². The Morgan fingerprint density at radius 3 is 2.12 bits per heavy atom. The van der Waals surface area contributed by atoms with Crippen molar-refractivity contribution in [3.63, 3.8) is 0 Å². The number of benzene rings is 2. The van der Waals surface area contributed by atoms with E-state index in [1.807, 2.05) is 47.4 Å². The predicted molar refractivity (Wildman–Crippen MR) is 100 cm³/mol. The molecule has 0 spiro atoms. The Bertz CT molecular complexity index is 731. The van der Waals surface area contributed by atoms with E-state index >= 15 is 0 Å². The van der Waals surface area contributed by atoms with E-state index in [9.17, 15) is 4.79 Å². The molecule has 0 bridgehead atoms. The molecule has 0 atom stereocenters. The highest BCUT2D eigenvalue weighted by molar-refractivity contribution is 5.94. The quantitative estimate of drug-likeness (QED) is 0.726. The molecule has 1 saturated carbocycles. The number of carbonyl (C=O) groups is 1. The van der Waals surface area contributed by atoms with Gasteiger partial charge >= 0.3 is 0 Å². The third-order valence-corrected chi connectivity index (χ3v) is 4.64. The number of nitrogens with zero attached hydrogens (tertiary/aromatic N) is 1. The third-order valence-electron chi connectivity index (χ3n) is 4.64. The fourth-order valence-electron chi connectivity index (χ4n) is 3.11. The molecule has 1 fully saturated rings. The summed E-state index contributed by atoms with van der Waals surface area (Å²) in [7, 11) is 4.81. The van der Waals surface area contributed by atoms with Gasteiger partial charge < -0.3 is 19.1 Å². The van der Waals surface area contributed by atoms with E-state index in [1.165, 1.54) is 0 Å². The van der Waals surface area contributed by atoms with Crippen LogP contribution in [0.5, 0.6) is 17.2 Å². The summed E-state index contributed by atoms with van der Waals surface area (Å²) in [6.45, 7) is 0.664. The van der Waals surface area contributed by atoms with Crippen molar-refractivity contribution in [3.8, 4) is 17.2 Å². The molecule has 2 aromatic rings. The lowest BCUT2D eigenvalue weighted by molar-refractivity contribution is 0.0745.